The molecular weight excluding hydrogens is 281 g/mol. The number of anilines is 1. The Bertz CT molecular complexity index is 833. The van der Waals surface area contributed by atoms with Crippen molar-refractivity contribution in [3.63, 3.8) is 0 Å². The third kappa shape index (κ3) is 2.74. The summed E-state index contributed by atoms with van der Waals surface area (Å²) < 4.78 is 18.8. The summed E-state index contributed by atoms with van der Waals surface area (Å²) in [6, 6.07) is 13.9. The molecule has 0 saturated carbocycles. The van der Waals surface area contributed by atoms with E-state index >= 15 is 0 Å². The number of benzene rings is 2. The Balaban J connectivity index is 1.90. The molecule has 0 bridgehead atoms. The molecule has 5 heteroatoms. The molecule has 22 heavy (non-hydrogen) atoms. The van der Waals surface area contributed by atoms with Crippen LogP contribution in [-0.2, 0) is 0 Å². The van der Waals surface area contributed by atoms with Gasteiger partial charge in [-0.3, -0.25) is 10.4 Å². The van der Waals surface area contributed by atoms with Crippen LogP contribution in [0, 0.1) is 5.82 Å². The van der Waals surface area contributed by atoms with Gasteiger partial charge in [-0.05, 0) is 18.2 Å². The quantitative estimate of drug-likeness (QED) is 0.588. The molecule has 3 rings (SSSR count). The van der Waals surface area contributed by atoms with Crippen molar-refractivity contribution in [2.45, 2.75) is 0 Å². The Kier molecular flexibility index (Phi) is 3.96. The highest BCUT2D eigenvalue weighted by Gasteiger charge is 2.05. The van der Waals surface area contributed by atoms with Crippen LogP contribution in [0.3, 0.4) is 0 Å². The minimum atomic E-state index is -0.311. The zero-order valence-electron chi connectivity index (χ0n) is 12.0. The lowest BCUT2D eigenvalue weighted by atomic mass is 10.2. The fourth-order valence-corrected chi connectivity index (χ4v) is 2.16. The molecule has 0 fully saturated rings. The Labute approximate surface area is 127 Å². The van der Waals surface area contributed by atoms with E-state index in [9.17, 15) is 4.39 Å². The number of ether oxygens (including phenoxy) is 1. The first-order valence-corrected chi connectivity index (χ1v) is 6.75. The second-order valence-corrected chi connectivity index (χ2v) is 4.61. The average Bonchev–Trinajstić information content (AvgIpc) is 2.56. The minimum Gasteiger partial charge on any atom is -0.494 e. The SMILES string of the molecule is COc1cccc2c(NN=Cc3ccccc3F)ccnc12. The maximum Gasteiger partial charge on any atom is 0.145 e. The number of nitrogens with one attached hydrogen (secondary N) is 1. The van der Waals surface area contributed by atoms with E-state index < -0.39 is 0 Å². The number of hydrogen-bond donors (Lipinski definition) is 1. The van der Waals surface area contributed by atoms with Crippen molar-refractivity contribution in [2.75, 3.05) is 12.5 Å². The van der Waals surface area contributed by atoms with E-state index in [0.717, 1.165) is 16.6 Å². The molecule has 0 aliphatic carbocycles. The van der Waals surface area contributed by atoms with Crippen molar-refractivity contribution < 1.29 is 9.13 Å². The lowest BCUT2D eigenvalue weighted by Gasteiger charge is -2.08. The Morgan fingerprint density at radius 3 is 2.82 bits per heavy atom. The third-order valence-electron chi connectivity index (χ3n) is 3.25. The van der Waals surface area contributed by atoms with Crippen LogP contribution in [0.5, 0.6) is 5.75 Å². The van der Waals surface area contributed by atoms with Crippen LogP contribution in [0.2, 0.25) is 0 Å². The molecule has 110 valence electrons. The van der Waals surface area contributed by atoms with E-state index in [1.54, 1.807) is 37.6 Å². The van der Waals surface area contributed by atoms with Gasteiger partial charge in [0, 0.05) is 17.1 Å². The molecular formula is C17H14FN3O. The van der Waals surface area contributed by atoms with Crippen LogP contribution >= 0.6 is 0 Å². The molecule has 0 aliphatic heterocycles. The topological polar surface area (TPSA) is 46.5 Å². The Hall–Kier alpha value is -2.95. The van der Waals surface area contributed by atoms with Crippen LogP contribution in [0.15, 0.2) is 59.8 Å². The van der Waals surface area contributed by atoms with Gasteiger partial charge in [0.25, 0.3) is 0 Å². The summed E-state index contributed by atoms with van der Waals surface area (Å²) in [7, 11) is 1.60. The Morgan fingerprint density at radius 2 is 2.00 bits per heavy atom. The van der Waals surface area contributed by atoms with Crippen molar-refractivity contribution in [1.29, 1.82) is 0 Å². The molecule has 2 aromatic carbocycles. The van der Waals surface area contributed by atoms with Crippen LogP contribution in [-0.4, -0.2) is 18.3 Å². The van der Waals surface area contributed by atoms with Gasteiger partial charge in [0.15, 0.2) is 0 Å². The molecule has 0 saturated heterocycles. The van der Waals surface area contributed by atoms with Crippen molar-refractivity contribution in [2.24, 2.45) is 5.10 Å². The number of hydrazone groups is 1. The highest BCUT2D eigenvalue weighted by molar-refractivity contribution is 5.95. The summed E-state index contributed by atoms with van der Waals surface area (Å²) in [4.78, 5) is 4.32. The highest BCUT2D eigenvalue weighted by atomic mass is 19.1. The van der Waals surface area contributed by atoms with Gasteiger partial charge in [0.2, 0.25) is 0 Å². The molecule has 0 spiro atoms. The predicted octanol–water partition coefficient (Wildman–Crippen LogP) is 3.83. The first-order valence-electron chi connectivity index (χ1n) is 6.75. The number of pyridine rings is 1. The maximum atomic E-state index is 13.5. The van der Waals surface area contributed by atoms with E-state index in [0.29, 0.717) is 11.3 Å². The zero-order valence-corrected chi connectivity index (χ0v) is 12.0. The summed E-state index contributed by atoms with van der Waals surface area (Å²) in [5, 5.41) is 4.98. The van der Waals surface area contributed by atoms with Gasteiger partial charge in [-0.15, -0.1) is 0 Å². The van der Waals surface area contributed by atoms with Crippen molar-refractivity contribution in [1.82, 2.24) is 4.98 Å². The molecule has 0 radical (unpaired) electrons. The van der Waals surface area contributed by atoms with Crippen molar-refractivity contribution in [3.05, 3.63) is 66.1 Å². The summed E-state index contributed by atoms with van der Waals surface area (Å²) in [6.07, 6.45) is 3.12. The van der Waals surface area contributed by atoms with E-state index in [2.05, 4.69) is 15.5 Å². The summed E-state index contributed by atoms with van der Waals surface area (Å²) in [5.41, 5.74) is 4.86. The average molecular weight is 295 g/mol. The maximum absolute atomic E-state index is 13.5. The van der Waals surface area contributed by atoms with Gasteiger partial charge in [-0.1, -0.05) is 30.3 Å². The molecule has 0 unspecified atom stereocenters. The number of fused-ring (bicyclic) bond motifs is 1. The molecule has 4 nitrogen and oxygen atoms in total. The minimum absolute atomic E-state index is 0.311. The van der Waals surface area contributed by atoms with Gasteiger partial charge in [-0.25, -0.2) is 4.39 Å². The number of methoxy groups -OCH3 is 1. The molecule has 1 aromatic heterocycles. The smallest absolute Gasteiger partial charge is 0.145 e. The number of nitrogens with zero attached hydrogens (tertiary/aromatic N) is 2. The fraction of sp³-hybridized carbons (Fsp3) is 0.0588. The van der Waals surface area contributed by atoms with Gasteiger partial charge in [0.05, 0.1) is 19.0 Å². The normalized spacial score (nSPS) is 11.0. The fourth-order valence-electron chi connectivity index (χ4n) is 2.16. The first-order chi connectivity index (χ1) is 10.8. The second kappa shape index (κ2) is 6.22. The van der Waals surface area contributed by atoms with Crippen molar-refractivity contribution in [3.8, 4) is 5.75 Å². The van der Waals surface area contributed by atoms with E-state index in [-0.39, 0.29) is 5.82 Å². The van der Waals surface area contributed by atoms with Crippen LogP contribution in [0.4, 0.5) is 10.1 Å². The summed E-state index contributed by atoms with van der Waals surface area (Å²) in [6.45, 7) is 0. The molecule has 1 heterocycles. The molecule has 0 aliphatic rings. The van der Waals surface area contributed by atoms with Crippen LogP contribution in [0.1, 0.15) is 5.56 Å². The van der Waals surface area contributed by atoms with E-state index in [1.807, 2.05) is 18.2 Å². The number of aromatic nitrogens is 1. The first kappa shape index (κ1) is 14.0. The summed E-state index contributed by atoms with van der Waals surface area (Å²) >= 11 is 0. The summed E-state index contributed by atoms with van der Waals surface area (Å²) in [5.74, 6) is 0.383. The van der Waals surface area contributed by atoms with Gasteiger partial charge in [-0.2, -0.15) is 5.10 Å². The van der Waals surface area contributed by atoms with Crippen molar-refractivity contribution >= 4 is 22.8 Å². The number of rotatable bonds is 4. The standard InChI is InChI=1S/C17H14FN3O/c1-22-16-8-4-6-13-15(9-10-19-17(13)16)21-20-11-12-5-2-3-7-14(12)18/h2-11H,1H3,(H,19,21). The molecule has 0 atom stereocenters. The molecule has 1 N–H and O–H groups in total. The van der Waals surface area contributed by atoms with Gasteiger partial charge < -0.3 is 4.74 Å². The van der Waals surface area contributed by atoms with E-state index in [1.165, 1.54) is 12.3 Å². The van der Waals surface area contributed by atoms with Crippen LogP contribution < -0.4 is 10.2 Å². The number of hydrogen-bond acceptors (Lipinski definition) is 4. The monoisotopic (exact) mass is 295 g/mol. The third-order valence-corrected chi connectivity index (χ3v) is 3.25. The van der Waals surface area contributed by atoms with Gasteiger partial charge >= 0.3 is 0 Å². The number of para-hydroxylation sites is 1. The second-order valence-electron chi connectivity index (χ2n) is 4.61. The lowest BCUT2D eigenvalue weighted by molar-refractivity contribution is 0.419. The number of halogens is 1. The van der Waals surface area contributed by atoms with Gasteiger partial charge in [0.1, 0.15) is 17.1 Å². The molecule has 3 aromatic rings. The zero-order chi connectivity index (χ0) is 15.4. The highest BCUT2D eigenvalue weighted by Crippen LogP contribution is 2.28. The Morgan fingerprint density at radius 1 is 1.14 bits per heavy atom. The van der Waals surface area contributed by atoms with Crippen LogP contribution in [0.25, 0.3) is 10.9 Å². The largest absolute Gasteiger partial charge is 0.494 e. The van der Waals surface area contributed by atoms with E-state index in [4.69, 9.17) is 4.74 Å². The predicted molar refractivity (Wildman–Crippen MR) is 85.9 cm³/mol. The molecule has 0 amide bonds. The lowest BCUT2D eigenvalue weighted by Crippen LogP contribution is -1.95.